The van der Waals surface area contributed by atoms with Crippen LogP contribution >= 0.6 is 11.8 Å². The van der Waals surface area contributed by atoms with Crippen LogP contribution in [-0.2, 0) is 11.8 Å². The molecule has 0 aliphatic heterocycles. The zero-order chi connectivity index (χ0) is 9.84. The van der Waals surface area contributed by atoms with E-state index < -0.39 is 0 Å². The van der Waals surface area contributed by atoms with Crippen LogP contribution in [-0.4, -0.2) is 29.3 Å². The first-order chi connectivity index (χ1) is 6.16. The number of methoxy groups -OCH3 is 1. The summed E-state index contributed by atoms with van der Waals surface area (Å²) < 4.78 is 6.77. The topological polar surface area (TPSA) is 53.1 Å². The first-order valence-electron chi connectivity index (χ1n) is 4.07. The highest BCUT2D eigenvalue weighted by atomic mass is 32.2. The highest BCUT2D eigenvalue weighted by molar-refractivity contribution is 7.99. The number of aryl methyl sites for hydroxylation is 2. The van der Waals surface area contributed by atoms with Crippen molar-refractivity contribution in [2.24, 2.45) is 7.05 Å². The molecule has 1 heterocycles. The van der Waals surface area contributed by atoms with Crippen LogP contribution in [0.15, 0.2) is 5.03 Å². The second kappa shape index (κ2) is 4.53. The number of hydrogen-bond donors (Lipinski definition) is 1. The van der Waals surface area contributed by atoms with Crippen LogP contribution in [0, 0.1) is 6.92 Å². The van der Waals surface area contributed by atoms with E-state index in [2.05, 4.69) is 5.10 Å². The summed E-state index contributed by atoms with van der Waals surface area (Å²) in [5.41, 5.74) is 7.51. The minimum Gasteiger partial charge on any atom is -0.395 e. The SMILES string of the molecule is COCCSc1c(N)c(C)nn1C. The molecule has 0 radical (unpaired) electrons. The first kappa shape index (κ1) is 10.4. The minimum atomic E-state index is 0.730. The van der Waals surface area contributed by atoms with Crippen LogP contribution in [0.25, 0.3) is 0 Å². The fraction of sp³-hybridized carbons (Fsp3) is 0.625. The van der Waals surface area contributed by atoms with Gasteiger partial charge in [-0.05, 0) is 6.92 Å². The van der Waals surface area contributed by atoms with Crippen molar-refractivity contribution < 1.29 is 4.74 Å². The molecular weight excluding hydrogens is 186 g/mol. The third kappa shape index (κ3) is 2.38. The van der Waals surface area contributed by atoms with Crippen molar-refractivity contribution in [1.82, 2.24) is 9.78 Å². The maximum absolute atomic E-state index is 5.84. The van der Waals surface area contributed by atoms with Crippen LogP contribution in [0.2, 0.25) is 0 Å². The van der Waals surface area contributed by atoms with Gasteiger partial charge in [-0.1, -0.05) is 0 Å². The summed E-state index contributed by atoms with van der Waals surface area (Å²) in [7, 11) is 3.59. The monoisotopic (exact) mass is 201 g/mol. The number of rotatable bonds is 4. The predicted octanol–water partition coefficient (Wildman–Crippen LogP) is 1.05. The summed E-state index contributed by atoms with van der Waals surface area (Å²) in [4.78, 5) is 0. The van der Waals surface area contributed by atoms with Gasteiger partial charge < -0.3 is 10.5 Å². The molecule has 0 fully saturated rings. The van der Waals surface area contributed by atoms with Gasteiger partial charge in [0.15, 0.2) is 0 Å². The summed E-state index contributed by atoms with van der Waals surface area (Å²) in [6.45, 7) is 2.64. The number of thioether (sulfide) groups is 1. The Labute approximate surface area is 82.4 Å². The summed E-state index contributed by atoms with van der Waals surface area (Å²) in [6, 6.07) is 0. The van der Waals surface area contributed by atoms with E-state index in [0.29, 0.717) is 0 Å². The molecule has 0 aliphatic rings. The Hall–Kier alpha value is -0.680. The zero-order valence-electron chi connectivity index (χ0n) is 8.20. The normalized spacial score (nSPS) is 10.7. The second-order valence-electron chi connectivity index (χ2n) is 2.77. The van der Waals surface area contributed by atoms with Gasteiger partial charge in [0.25, 0.3) is 0 Å². The third-order valence-electron chi connectivity index (χ3n) is 1.74. The lowest BCUT2D eigenvalue weighted by Gasteiger charge is -2.01. The van der Waals surface area contributed by atoms with Crippen LogP contribution in [0.4, 0.5) is 5.69 Å². The van der Waals surface area contributed by atoms with Gasteiger partial charge in [0.2, 0.25) is 0 Å². The van der Waals surface area contributed by atoms with Gasteiger partial charge in [-0.25, -0.2) is 0 Å². The third-order valence-corrected chi connectivity index (χ3v) is 2.87. The fourth-order valence-corrected chi connectivity index (χ4v) is 2.02. The van der Waals surface area contributed by atoms with E-state index in [1.54, 1.807) is 18.9 Å². The van der Waals surface area contributed by atoms with Crippen molar-refractivity contribution in [3.63, 3.8) is 0 Å². The van der Waals surface area contributed by atoms with Gasteiger partial charge in [0, 0.05) is 19.9 Å². The van der Waals surface area contributed by atoms with E-state index in [1.807, 2.05) is 18.7 Å². The molecule has 0 spiro atoms. The average Bonchev–Trinajstić information content (AvgIpc) is 2.32. The lowest BCUT2D eigenvalue weighted by molar-refractivity contribution is 0.218. The molecule has 0 saturated heterocycles. The summed E-state index contributed by atoms with van der Waals surface area (Å²) in [5.74, 6) is 0.902. The molecule has 4 nitrogen and oxygen atoms in total. The van der Waals surface area contributed by atoms with Crippen LogP contribution in [0.5, 0.6) is 0 Å². The van der Waals surface area contributed by atoms with Crippen LogP contribution in [0.3, 0.4) is 0 Å². The standard InChI is InChI=1S/C8H15N3OS/c1-6-7(9)8(11(2)10-6)13-5-4-12-3/h4-5,9H2,1-3H3. The summed E-state index contributed by atoms with van der Waals surface area (Å²) in [5, 5.41) is 5.24. The molecule has 0 saturated carbocycles. The van der Waals surface area contributed by atoms with Crippen molar-refractivity contribution in [3.05, 3.63) is 5.69 Å². The molecule has 1 aromatic rings. The molecule has 0 aliphatic carbocycles. The number of hydrogen-bond acceptors (Lipinski definition) is 4. The first-order valence-corrected chi connectivity index (χ1v) is 5.06. The van der Waals surface area contributed by atoms with Crippen molar-refractivity contribution in [2.75, 3.05) is 25.2 Å². The number of aromatic nitrogens is 2. The maximum atomic E-state index is 5.84. The van der Waals surface area contributed by atoms with Gasteiger partial charge in [-0.2, -0.15) is 5.10 Å². The zero-order valence-corrected chi connectivity index (χ0v) is 9.02. The van der Waals surface area contributed by atoms with Crippen LogP contribution in [0.1, 0.15) is 5.69 Å². The van der Waals surface area contributed by atoms with Gasteiger partial charge in [-0.3, -0.25) is 4.68 Å². The predicted molar refractivity (Wildman–Crippen MR) is 55.0 cm³/mol. The Morgan fingerprint density at radius 1 is 1.62 bits per heavy atom. The van der Waals surface area contributed by atoms with E-state index >= 15 is 0 Å². The molecule has 0 unspecified atom stereocenters. The van der Waals surface area contributed by atoms with Gasteiger partial charge in [0.1, 0.15) is 5.03 Å². The van der Waals surface area contributed by atoms with E-state index in [-0.39, 0.29) is 0 Å². The highest BCUT2D eigenvalue weighted by Gasteiger charge is 2.09. The minimum absolute atomic E-state index is 0.730. The smallest absolute Gasteiger partial charge is 0.117 e. The van der Waals surface area contributed by atoms with Crippen molar-refractivity contribution >= 4 is 17.4 Å². The Morgan fingerprint density at radius 3 is 2.77 bits per heavy atom. The molecule has 2 N–H and O–H groups in total. The van der Waals surface area contributed by atoms with Crippen molar-refractivity contribution in [2.45, 2.75) is 11.9 Å². The van der Waals surface area contributed by atoms with E-state index in [4.69, 9.17) is 10.5 Å². The number of nitrogens with two attached hydrogens (primary N) is 1. The summed E-state index contributed by atoms with van der Waals surface area (Å²) in [6.07, 6.45) is 0. The van der Waals surface area contributed by atoms with E-state index in [9.17, 15) is 0 Å². The van der Waals surface area contributed by atoms with Crippen molar-refractivity contribution in [3.8, 4) is 0 Å². The Bertz CT molecular complexity index is 285. The van der Waals surface area contributed by atoms with Gasteiger partial charge in [-0.15, -0.1) is 11.8 Å². The number of nitrogen functional groups attached to an aromatic ring is 1. The molecule has 0 amide bonds. The lowest BCUT2D eigenvalue weighted by Crippen LogP contribution is -1.97. The molecule has 1 aromatic heterocycles. The quantitative estimate of drug-likeness (QED) is 0.584. The lowest BCUT2D eigenvalue weighted by atomic mass is 10.4. The Balaban J connectivity index is 2.64. The fourth-order valence-electron chi connectivity index (χ4n) is 1.05. The molecule has 74 valence electrons. The molecule has 1 rings (SSSR count). The molecular formula is C8H15N3OS. The number of ether oxygens (including phenoxy) is 1. The molecule has 13 heavy (non-hydrogen) atoms. The maximum Gasteiger partial charge on any atom is 0.117 e. The second-order valence-corrected chi connectivity index (χ2v) is 3.85. The van der Waals surface area contributed by atoms with Crippen molar-refractivity contribution in [1.29, 1.82) is 0 Å². The highest BCUT2D eigenvalue weighted by Crippen LogP contribution is 2.26. The van der Waals surface area contributed by atoms with Gasteiger partial charge in [0.05, 0.1) is 18.0 Å². The molecule has 0 bridgehead atoms. The summed E-state index contributed by atoms with van der Waals surface area (Å²) >= 11 is 1.67. The molecule has 0 atom stereocenters. The Kier molecular flexibility index (Phi) is 3.62. The van der Waals surface area contributed by atoms with Crippen LogP contribution < -0.4 is 5.73 Å². The van der Waals surface area contributed by atoms with Gasteiger partial charge >= 0.3 is 0 Å². The van der Waals surface area contributed by atoms with E-state index in [0.717, 1.165) is 28.8 Å². The Morgan fingerprint density at radius 2 is 2.31 bits per heavy atom. The number of anilines is 1. The average molecular weight is 201 g/mol. The molecule has 5 heteroatoms. The number of nitrogens with zero attached hydrogens (tertiary/aromatic N) is 2. The largest absolute Gasteiger partial charge is 0.395 e. The molecule has 0 aromatic carbocycles. The van der Waals surface area contributed by atoms with E-state index in [1.165, 1.54) is 0 Å².